The summed E-state index contributed by atoms with van der Waals surface area (Å²) in [5.41, 5.74) is 4.72. The van der Waals surface area contributed by atoms with E-state index in [1.807, 2.05) is 104 Å². The molecule has 0 heterocycles. The van der Waals surface area contributed by atoms with Crippen molar-refractivity contribution in [1.29, 1.82) is 0 Å². The molecule has 0 aliphatic heterocycles. The van der Waals surface area contributed by atoms with E-state index in [0.717, 1.165) is 23.0 Å². The number of benzene rings is 3. The van der Waals surface area contributed by atoms with Crippen molar-refractivity contribution in [2.45, 2.75) is 18.7 Å². The minimum Gasteiger partial charge on any atom is -0.386 e. The maximum absolute atomic E-state index is 12.4. The number of rotatable bonds is 5. The van der Waals surface area contributed by atoms with Gasteiger partial charge in [0.1, 0.15) is 0 Å². The molecule has 3 rings (SSSR count). The topological polar surface area (TPSA) is 26.3 Å². The highest BCUT2D eigenvalue weighted by molar-refractivity contribution is 6.79. The van der Waals surface area contributed by atoms with Crippen LogP contribution in [0.15, 0.2) is 91.0 Å². The molecule has 3 heteroatoms. The van der Waals surface area contributed by atoms with Gasteiger partial charge in [-0.1, -0.05) is 90.3 Å². The molecule has 3 aromatic carbocycles. The normalized spacial score (nSPS) is 11.3. The first-order valence-electron chi connectivity index (χ1n) is 8.91. The van der Waals surface area contributed by atoms with E-state index in [4.69, 9.17) is 4.43 Å². The fourth-order valence-corrected chi connectivity index (χ4v) is 4.57. The second-order valence-electron chi connectivity index (χ2n) is 6.81. The van der Waals surface area contributed by atoms with Crippen LogP contribution in [0.1, 0.15) is 16.7 Å². The standard InChI is InChI=1S/C24H22O2Si/c1-27(2,19-18-21-12-6-3-7-13-21)26-24(20-25,22-14-8-4-9-15-22)23-16-10-5-11-17-23/h3-17,20H,1-2H3. The molecule has 0 saturated carbocycles. The van der Waals surface area contributed by atoms with E-state index in [1.165, 1.54) is 0 Å². The van der Waals surface area contributed by atoms with Gasteiger partial charge in [-0.2, -0.15) is 0 Å². The third kappa shape index (κ3) is 4.43. The van der Waals surface area contributed by atoms with Crippen LogP contribution in [-0.2, 0) is 14.8 Å². The number of hydrogen-bond donors (Lipinski definition) is 0. The maximum Gasteiger partial charge on any atom is 0.268 e. The summed E-state index contributed by atoms with van der Waals surface area (Å²) >= 11 is 0. The average Bonchev–Trinajstić information content (AvgIpc) is 2.73. The van der Waals surface area contributed by atoms with Gasteiger partial charge in [0.25, 0.3) is 8.32 Å². The lowest BCUT2D eigenvalue weighted by atomic mass is 9.88. The fraction of sp³-hybridized carbons (Fsp3) is 0.125. The maximum atomic E-state index is 12.4. The first-order valence-corrected chi connectivity index (χ1v) is 11.8. The van der Waals surface area contributed by atoms with E-state index < -0.39 is 13.9 Å². The molecule has 0 aliphatic carbocycles. The van der Waals surface area contributed by atoms with E-state index in [-0.39, 0.29) is 0 Å². The molecule has 0 unspecified atom stereocenters. The van der Waals surface area contributed by atoms with Crippen LogP contribution in [0.25, 0.3) is 0 Å². The van der Waals surface area contributed by atoms with Crippen LogP contribution in [-0.4, -0.2) is 14.6 Å². The van der Waals surface area contributed by atoms with E-state index >= 15 is 0 Å². The largest absolute Gasteiger partial charge is 0.386 e. The number of hydrogen-bond acceptors (Lipinski definition) is 2. The van der Waals surface area contributed by atoms with Crippen molar-refractivity contribution < 1.29 is 9.22 Å². The first kappa shape index (κ1) is 18.8. The molecule has 0 amide bonds. The highest BCUT2D eigenvalue weighted by Crippen LogP contribution is 2.34. The monoisotopic (exact) mass is 370 g/mol. The number of aldehydes is 1. The molecule has 0 N–H and O–H groups in total. The highest BCUT2D eigenvalue weighted by Gasteiger charge is 2.41. The molecule has 0 fully saturated rings. The summed E-state index contributed by atoms with van der Waals surface area (Å²) in [6.07, 6.45) is 0.899. The lowest BCUT2D eigenvalue weighted by molar-refractivity contribution is -0.119. The van der Waals surface area contributed by atoms with Crippen molar-refractivity contribution in [3.63, 3.8) is 0 Å². The number of carbonyl (C=O) groups excluding carboxylic acids is 1. The summed E-state index contributed by atoms with van der Waals surface area (Å²) in [4.78, 5) is 12.4. The van der Waals surface area contributed by atoms with Gasteiger partial charge in [-0.15, -0.1) is 0 Å². The molecule has 27 heavy (non-hydrogen) atoms. The van der Waals surface area contributed by atoms with Gasteiger partial charge in [-0.3, -0.25) is 4.79 Å². The smallest absolute Gasteiger partial charge is 0.268 e. The van der Waals surface area contributed by atoms with Crippen LogP contribution < -0.4 is 0 Å². The minimum absolute atomic E-state index is 0.813. The highest BCUT2D eigenvalue weighted by atomic mass is 28.4. The van der Waals surface area contributed by atoms with Crippen LogP contribution in [0.2, 0.25) is 13.1 Å². The van der Waals surface area contributed by atoms with Crippen LogP contribution >= 0.6 is 0 Å². The molecule has 0 aliphatic rings. The predicted molar refractivity (Wildman–Crippen MR) is 112 cm³/mol. The van der Waals surface area contributed by atoms with E-state index in [1.54, 1.807) is 0 Å². The molecule has 0 saturated heterocycles. The minimum atomic E-state index is -2.50. The summed E-state index contributed by atoms with van der Waals surface area (Å²) in [6.45, 7) is 4.04. The summed E-state index contributed by atoms with van der Waals surface area (Å²) in [6, 6.07) is 29.1. The number of carbonyl (C=O) groups is 1. The first-order chi connectivity index (χ1) is 13.1. The van der Waals surface area contributed by atoms with Crippen molar-refractivity contribution in [2.24, 2.45) is 0 Å². The Morgan fingerprint density at radius 1 is 0.778 bits per heavy atom. The Morgan fingerprint density at radius 2 is 1.22 bits per heavy atom. The molecular weight excluding hydrogens is 348 g/mol. The van der Waals surface area contributed by atoms with Crippen LogP contribution in [0.4, 0.5) is 0 Å². The van der Waals surface area contributed by atoms with Crippen molar-refractivity contribution >= 4 is 14.6 Å². The van der Waals surface area contributed by atoms with Gasteiger partial charge in [-0.05, 0) is 36.4 Å². The second kappa shape index (κ2) is 8.18. The Labute approximate surface area is 162 Å². The van der Waals surface area contributed by atoms with Crippen LogP contribution in [0, 0.1) is 11.5 Å². The summed E-state index contributed by atoms with van der Waals surface area (Å²) < 4.78 is 6.57. The molecule has 0 aromatic heterocycles. The zero-order chi connectivity index (χ0) is 19.2. The van der Waals surface area contributed by atoms with Crippen LogP contribution in [0.5, 0.6) is 0 Å². The zero-order valence-corrected chi connectivity index (χ0v) is 16.6. The Morgan fingerprint density at radius 3 is 1.67 bits per heavy atom. The van der Waals surface area contributed by atoms with Gasteiger partial charge in [0.2, 0.25) is 0 Å². The molecule has 0 atom stereocenters. The Balaban J connectivity index is 2.04. The van der Waals surface area contributed by atoms with Gasteiger partial charge in [0, 0.05) is 5.56 Å². The van der Waals surface area contributed by atoms with Crippen LogP contribution in [0.3, 0.4) is 0 Å². The van der Waals surface area contributed by atoms with Gasteiger partial charge in [0.15, 0.2) is 11.9 Å². The fourth-order valence-electron chi connectivity index (χ4n) is 2.99. The molecule has 0 radical (unpaired) electrons. The second-order valence-corrected chi connectivity index (χ2v) is 10.3. The van der Waals surface area contributed by atoms with E-state index in [2.05, 4.69) is 11.5 Å². The van der Waals surface area contributed by atoms with Crippen molar-refractivity contribution in [1.82, 2.24) is 0 Å². The molecule has 134 valence electrons. The van der Waals surface area contributed by atoms with Gasteiger partial charge < -0.3 is 4.43 Å². The van der Waals surface area contributed by atoms with Crippen molar-refractivity contribution in [3.8, 4) is 11.5 Å². The third-order valence-corrected chi connectivity index (χ3v) is 5.83. The summed E-state index contributed by atoms with van der Waals surface area (Å²) in [5, 5.41) is 0. The van der Waals surface area contributed by atoms with E-state index in [9.17, 15) is 4.79 Å². The molecular formula is C24H22O2Si. The third-order valence-electron chi connectivity index (χ3n) is 4.27. The molecule has 3 aromatic rings. The van der Waals surface area contributed by atoms with Crippen molar-refractivity contribution in [2.75, 3.05) is 0 Å². The average molecular weight is 371 g/mol. The Bertz CT molecular complexity index is 900. The van der Waals surface area contributed by atoms with Gasteiger partial charge in [-0.25, -0.2) is 0 Å². The predicted octanol–water partition coefficient (Wildman–Crippen LogP) is 4.94. The summed E-state index contributed by atoms with van der Waals surface area (Å²) in [5.74, 6) is 3.21. The lowest BCUT2D eigenvalue weighted by Gasteiger charge is -2.35. The Hall–Kier alpha value is -2.93. The molecule has 0 bridgehead atoms. The van der Waals surface area contributed by atoms with E-state index in [0.29, 0.717) is 0 Å². The summed E-state index contributed by atoms with van der Waals surface area (Å²) in [7, 11) is -2.50. The lowest BCUT2D eigenvalue weighted by Crippen LogP contribution is -2.44. The molecule has 2 nitrogen and oxygen atoms in total. The SMILES string of the molecule is C[Si](C)(C#Cc1ccccc1)OC(C=O)(c1ccccc1)c1ccccc1. The van der Waals surface area contributed by atoms with Gasteiger partial charge >= 0.3 is 0 Å². The van der Waals surface area contributed by atoms with Crippen molar-refractivity contribution in [3.05, 3.63) is 108 Å². The van der Waals surface area contributed by atoms with Gasteiger partial charge in [0.05, 0.1) is 0 Å². The quantitative estimate of drug-likeness (QED) is 0.361. The Kier molecular flexibility index (Phi) is 5.71. The molecule has 0 spiro atoms. The zero-order valence-electron chi connectivity index (χ0n) is 15.6.